The van der Waals surface area contributed by atoms with Gasteiger partial charge in [-0.1, -0.05) is 19.9 Å². The molecule has 0 aromatic carbocycles. The van der Waals surface area contributed by atoms with E-state index in [1.54, 1.807) is 0 Å². The Bertz CT molecular complexity index is 221. The first-order valence-corrected chi connectivity index (χ1v) is 4.70. The van der Waals surface area contributed by atoms with E-state index in [4.69, 9.17) is 0 Å². The summed E-state index contributed by atoms with van der Waals surface area (Å²) in [6.07, 6.45) is 4.33. The maximum Gasteiger partial charge on any atom is 0.0434 e. The van der Waals surface area contributed by atoms with E-state index < -0.39 is 0 Å². The van der Waals surface area contributed by atoms with Gasteiger partial charge in [0.05, 0.1) is 0 Å². The summed E-state index contributed by atoms with van der Waals surface area (Å²) < 4.78 is 0. The number of rotatable bonds is 3. The van der Waals surface area contributed by atoms with Crippen molar-refractivity contribution in [2.24, 2.45) is 0 Å². The van der Waals surface area contributed by atoms with Gasteiger partial charge in [0.2, 0.25) is 0 Å². The van der Waals surface area contributed by atoms with Gasteiger partial charge in [-0.05, 0) is 31.4 Å². The fraction of sp³-hybridized carbons (Fsp3) is 0.545. The number of hydrogen-bond acceptors (Lipinski definition) is 1. The van der Waals surface area contributed by atoms with Crippen molar-refractivity contribution in [3.05, 3.63) is 29.6 Å². The molecule has 0 fully saturated rings. The molecule has 0 aliphatic heterocycles. The quantitative estimate of drug-likeness (QED) is 0.666. The van der Waals surface area contributed by atoms with Gasteiger partial charge in [0.1, 0.15) is 0 Å². The second-order valence-corrected chi connectivity index (χ2v) is 3.27. The van der Waals surface area contributed by atoms with E-state index in [-0.39, 0.29) is 0 Å². The van der Waals surface area contributed by atoms with Crippen LogP contribution in [0.5, 0.6) is 0 Å². The molecule has 1 aromatic rings. The van der Waals surface area contributed by atoms with Crippen molar-refractivity contribution in [3.63, 3.8) is 0 Å². The van der Waals surface area contributed by atoms with E-state index in [9.17, 15) is 0 Å². The van der Waals surface area contributed by atoms with Crippen LogP contribution >= 0.6 is 0 Å². The van der Waals surface area contributed by atoms with Crippen LogP contribution in [-0.2, 0) is 0 Å². The minimum absolute atomic E-state index is 0.644. The molecule has 1 heteroatoms. The summed E-state index contributed by atoms with van der Waals surface area (Å²) in [7, 11) is 0. The molecule has 0 N–H and O–H groups in total. The van der Waals surface area contributed by atoms with Crippen molar-refractivity contribution in [2.45, 2.75) is 39.5 Å². The lowest BCUT2D eigenvalue weighted by molar-refractivity contribution is 0.623. The molecule has 66 valence electrons. The van der Waals surface area contributed by atoms with Crippen molar-refractivity contribution in [3.8, 4) is 0 Å². The normalized spacial score (nSPS) is 10.7. The largest absolute Gasteiger partial charge is 0.261 e. The van der Waals surface area contributed by atoms with Crippen LogP contribution in [0.15, 0.2) is 18.3 Å². The molecule has 0 bridgehead atoms. The summed E-state index contributed by atoms with van der Waals surface area (Å²) in [4.78, 5) is 4.42. The van der Waals surface area contributed by atoms with Gasteiger partial charge in [0.15, 0.2) is 0 Å². The molecule has 0 saturated carbocycles. The van der Waals surface area contributed by atoms with Gasteiger partial charge in [-0.15, -0.1) is 0 Å². The predicted molar refractivity (Wildman–Crippen MR) is 52.3 cm³/mol. The summed E-state index contributed by atoms with van der Waals surface area (Å²) in [5.74, 6) is 0.644. The van der Waals surface area contributed by atoms with Gasteiger partial charge >= 0.3 is 0 Å². The highest BCUT2D eigenvalue weighted by atomic mass is 14.7. The molecule has 0 radical (unpaired) electrons. The minimum Gasteiger partial charge on any atom is -0.261 e. The first kappa shape index (κ1) is 9.24. The third-order valence-electron chi connectivity index (χ3n) is 2.34. The Morgan fingerprint density at radius 2 is 1.92 bits per heavy atom. The zero-order valence-electron chi connectivity index (χ0n) is 8.17. The molecule has 0 unspecified atom stereocenters. The third kappa shape index (κ3) is 2.07. The lowest BCUT2D eigenvalue weighted by Gasteiger charge is -2.10. The molecule has 1 rings (SSSR count). The van der Waals surface area contributed by atoms with E-state index in [1.807, 2.05) is 6.20 Å². The van der Waals surface area contributed by atoms with Gasteiger partial charge < -0.3 is 0 Å². The Morgan fingerprint density at radius 3 is 2.33 bits per heavy atom. The Balaban J connectivity index is 2.80. The second kappa shape index (κ2) is 4.24. The molecule has 0 aliphatic carbocycles. The number of nitrogens with zero attached hydrogens (tertiary/aromatic N) is 1. The Labute approximate surface area is 74.8 Å². The van der Waals surface area contributed by atoms with E-state index >= 15 is 0 Å². The zero-order valence-corrected chi connectivity index (χ0v) is 8.17. The fourth-order valence-corrected chi connectivity index (χ4v) is 1.43. The molecule has 1 heterocycles. The molecule has 0 amide bonds. The summed E-state index contributed by atoms with van der Waals surface area (Å²) >= 11 is 0. The average Bonchev–Trinajstić information content (AvgIpc) is 2.10. The van der Waals surface area contributed by atoms with Crippen LogP contribution in [0.25, 0.3) is 0 Å². The number of pyridine rings is 1. The summed E-state index contributed by atoms with van der Waals surface area (Å²) in [6.45, 7) is 6.51. The Morgan fingerprint density at radius 1 is 1.25 bits per heavy atom. The second-order valence-electron chi connectivity index (χ2n) is 3.27. The van der Waals surface area contributed by atoms with Crippen LogP contribution in [-0.4, -0.2) is 4.98 Å². The van der Waals surface area contributed by atoms with Crippen LogP contribution < -0.4 is 0 Å². The van der Waals surface area contributed by atoms with Crippen molar-refractivity contribution in [2.75, 3.05) is 0 Å². The highest BCUT2D eigenvalue weighted by molar-refractivity contribution is 5.15. The molecule has 0 saturated heterocycles. The lowest BCUT2D eigenvalue weighted by atomic mass is 9.99. The van der Waals surface area contributed by atoms with Crippen LogP contribution in [0.4, 0.5) is 0 Å². The molecule has 1 aromatic heterocycles. The summed E-state index contributed by atoms with van der Waals surface area (Å²) in [5.41, 5.74) is 2.48. The summed E-state index contributed by atoms with van der Waals surface area (Å²) in [5, 5.41) is 0. The number of hydrogen-bond donors (Lipinski definition) is 0. The molecule has 0 spiro atoms. The maximum absolute atomic E-state index is 4.42. The summed E-state index contributed by atoms with van der Waals surface area (Å²) in [6, 6.07) is 4.29. The number of aromatic nitrogens is 1. The molecule has 0 aliphatic rings. The van der Waals surface area contributed by atoms with E-state index in [2.05, 4.69) is 37.9 Å². The van der Waals surface area contributed by atoms with Gasteiger partial charge in [-0.2, -0.15) is 0 Å². The lowest BCUT2D eigenvalue weighted by Crippen LogP contribution is -1.98. The first-order valence-electron chi connectivity index (χ1n) is 4.70. The van der Waals surface area contributed by atoms with Gasteiger partial charge in [-0.25, -0.2) is 0 Å². The Kier molecular flexibility index (Phi) is 3.27. The van der Waals surface area contributed by atoms with Crippen LogP contribution in [0.1, 0.15) is 43.9 Å². The molecular weight excluding hydrogens is 146 g/mol. The van der Waals surface area contributed by atoms with Crippen molar-refractivity contribution >= 4 is 0 Å². The fourth-order valence-electron chi connectivity index (χ4n) is 1.43. The highest BCUT2D eigenvalue weighted by Crippen LogP contribution is 2.20. The highest BCUT2D eigenvalue weighted by Gasteiger charge is 2.06. The topological polar surface area (TPSA) is 12.9 Å². The number of aryl methyl sites for hydroxylation is 1. The van der Waals surface area contributed by atoms with Crippen LogP contribution in [0.2, 0.25) is 0 Å². The van der Waals surface area contributed by atoms with Gasteiger partial charge in [0.25, 0.3) is 0 Å². The van der Waals surface area contributed by atoms with Crippen molar-refractivity contribution < 1.29 is 0 Å². The maximum atomic E-state index is 4.42. The van der Waals surface area contributed by atoms with Crippen molar-refractivity contribution in [1.82, 2.24) is 4.98 Å². The first-order chi connectivity index (χ1) is 5.77. The molecule has 1 nitrogen and oxygen atoms in total. The average molecular weight is 163 g/mol. The monoisotopic (exact) mass is 163 g/mol. The van der Waals surface area contributed by atoms with E-state index in [1.165, 1.54) is 24.1 Å². The standard InChI is InChI=1S/C11H17N/c1-4-10(5-2)11-7-6-9(3)8-12-11/h6-8,10H,4-5H2,1-3H3. The molecular formula is C11H17N. The zero-order chi connectivity index (χ0) is 8.97. The molecule has 0 atom stereocenters. The van der Waals surface area contributed by atoms with Gasteiger partial charge in [0, 0.05) is 17.8 Å². The van der Waals surface area contributed by atoms with Gasteiger partial charge in [-0.3, -0.25) is 4.98 Å². The predicted octanol–water partition coefficient (Wildman–Crippen LogP) is 3.29. The van der Waals surface area contributed by atoms with Crippen LogP contribution in [0, 0.1) is 6.92 Å². The van der Waals surface area contributed by atoms with Crippen LogP contribution in [0.3, 0.4) is 0 Å². The Hall–Kier alpha value is -0.850. The van der Waals surface area contributed by atoms with Crippen molar-refractivity contribution in [1.29, 1.82) is 0 Å². The van der Waals surface area contributed by atoms with E-state index in [0.29, 0.717) is 5.92 Å². The molecule has 12 heavy (non-hydrogen) atoms. The van der Waals surface area contributed by atoms with E-state index in [0.717, 1.165) is 0 Å². The smallest absolute Gasteiger partial charge is 0.0434 e. The SMILES string of the molecule is CCC(CC)c1ccc(C)cn1. The third-order valence-corrected chi connectivity index (χ3v) is 2.34. The minimum atomic E-state index is 0.644.